The van der Waals surface area contributed by atoms with Crippen molar-refractivity contribution in [2.24, 2.45) is 0 Å². The summed E-state index contributed by atoms with van der Waals surface area (Å²) < 4.78 is 51.1. The maximum atomic E-state index is 13.6. The molecule has 0 bridgehead atoms. The number of ether oxygens (including phenoxy) is 4. The average Bonchev–Trinajstić information content (AvgIpc) is 3.18. The van der Waals surface area contributed by atoms with Gasteiger partial charge in [0.05, 0.1) is 32.5 Å². The summed E-state index contributed by atoms with van der Waals surface area (Å²) in [6, 6.07) is 22.4. The van der Waals surface area contributed by atoms with Gasteiger partial charge in [0.25, 0.3) is 0 Å². The molecule has 0 spiro atoms. The molecule has 0 aromatic heterocycles. The van der Waals surface area contributed by atoms with Crippen LogP contribution in [0.25, 0.3) is 0 Å². The molecule has 35 heavy (non-hydrogen) atoms. The van der Waals surface area contributed by atoms with Gasteiger partial charge in [-0.25, -0.2) is 8.78 Å². The Morgan fingerprint density at radius 1 is 0.800 bits per heavy atom. The lowest BCUT2D eigenvalue weighted by Crippen LogP contribution is -2.38. The first-order chi connectivity index (χ1) is 17.0. The van der Waals surface area contributed by atoms with Crippen LogP contribution in [0.3, 0.4) is 0 Å². The first kappa shape index (κ1) is 25.0. The molecule has 0 N–H and O–H groups in total. The predicted octanol–water partition coefficient (Wildman–Crippen LogP) is 5.25. The Bertz CT molecular complexity index is 1170. The van der Waals surface area contributed by atoms with Crippen molar-refractivity contribution in [3.63, 3.8) is 0 Å². The summed E-state index contributed by atoms with van der Waals surface area (Å²) in [5.74, 6) is -0.695. The van der Waals surface area contributed by atoms with E-state index in [1.165, 1.54) is 24.3 Å². The highest BCUT2D eigenvalue weighted by atomic mass is 19.1. The van der Waals surface area contributed by atoms with Gasteiger partial charge in [-0.15, -0.1) is 0 Å². The zero-order chi connectivity index (χ0) is 24.6. The van der Waals surface area contributed by atoms with Crippen molar-refractivity contribution in [3.05, 3.63) is 107 Å². The topological polar surface area (TPSA) is 60.7 Å². The van der Waals surface area contributed by atoms with Gasteiger partial charge < -0.3 is 18.9 Å². The minimum atomic E-state index is -0.861. The first-order valence-corrected chi connectivity index (χ1v) is 11.4. The Morgan fingerprint density at radius 3 is 1.97 bits per heavy atom. The van der Waals surface area contributed by atoms with E-state index in [-0.39, 0.29) is 38.1 Å². The van der Waals surface area contributed by atoms with E-state index in [1.807, 2.05) is 31.2 Å². The minimum absolute atomic E-state index is 0.118. The van der Waals surface area contributed by atoms with Crippen molar-refractivity contribution in [3.8, 4) is 6.07 Å². The standard InChI is InChI=1S/C28H27F2NO4/c1-19-5-2-6-20(11-19)16-33-27-25(14-31)35-26(18-32-15-21-7-3-9-23(29)12-21)28(27)34-17-22-8-4-10-24(30)13-22/h2-13,25-28H,15-18H2,1H3/t25-,26+,27-,28+/m0/s1. The zero-order valence-corrected chi connectivity index (χ0v) is 19.4. The lowest BCUT2D eigenvalue weighted by molar-refractivity contribution is -0.0897. The van der Waals surface area contributed by atoms with Crippen LogP contribution in [0.1, 0.15) is 22.3 Å². The molecule has 1 heterocycles. The average molecular weight is 480 g/mol. The highest BCUT2D eigenvalue weighted by molar-refractivity contribution is 5.22. The predicted molar refractivity (Wildman–Crippen MR) is 125 cm³/mol. The van der Waals surface area contributed by atoms with Gasteiger partial charge in [-0.3, -0.25) is 0 Å². The maximum Gasteiger partial charge on any atom is 0.173 e. The number of benzene rings is 3. The Kier molecular flexibility index (Phi) is 8.56. The molecule has 5 nitrogen and oxygen atoms in total. The quantitative estimate of drug-likeness (QED) is 0.397. The Labute approximate surface area is 203 Å². The van der Waals surface area contributed by atoms with Crippen molar-refractivity contribution >= 4 is 0 Å². The largest absolute Gasteiger partial charge is 0.374 e. The smallest absolute Gasteiger partial charge is 0.173 e. The lowest BCUT2D eigenvalue weighted by atomic mass is 10.1. The summed E-state index contributed by atoms with van der Waals surface area (Å²) >= 11 is 0. The summed E-state index contributed by atoms with van der Waals surface area (Å²) in [6.07, 6.45) is -2.75. The number of nitrogens with zero attached hydrogens (tertiary/aromatic N) is 1. The fourth-order valence-corrected chi connectivity index (χ4v) is 4.08. The highest BCUT2D eigenvalue weighted by Crippen LogP contribution is 2.29. The van der Waals surface area contributed by atoms with Gasteiger partial charge in [-0.05, 0) is 47.9 Å². The molecule has 0 amide bonds. The Hall–Kier alpha value is -3.15. The highest BCUT2D eigenvalue weighted by Gasteiger charge is 2.46. The molecule has 0 saturated carbocycles. The number of hydrogen-bond acceptors (Lipinski definition) is 5. The van der Waals surface area contributed by atoms with Gasteiger partial charge >= 0.3 is 0 Å². The summed E-state index contributed by atoms with van der Waals surface area (Å²) in [5, 5.41) is 9.73. The zero-order valence-electron chi connectivity index (χ0n) is 19.4. The third-order valence-electron chi connectivity index (χ3n) is 5.73. The Balaban J connectivity index is 1.46. The number of halogens is 2. The summed E-state index contributed by atoms with van der Waals surface area (Å²) in [5.41, 5.74) is 3.41. The second-order valence-electron chi connectivity index (χ2n) is 8.54. The van der Waals surface area contributed by atoms with E-state index in [0.29, 0.717) is 11.1 Å². The van der Waals surface area contributed by atoms with Crippen LogP contribution in [-0.4, -0.2) is 31.0 Å². The van der Waals surface area contributed by atoms with E-state index in [2.05, 4.69) is 6.07 Å². The van der Waals surface area contributed by atoms with Crippen molar-refractivity contribution in [1.29, 1.82) is 5.26 Å². The molecule has 1 aliphatic rings. The molecule has 4 rings (SSSR count). The molecule has 1 fully saturated rings. The first-order valence-electron chi connectivity index (χ1n) is 11.4. The second-order valence-corrected chi connectivity index (χ2v) is 8.54. The molecule has 7 heteroatoms. The molecule has 3 aromatic rings. The van der Waals surface area contributed by atoms with Crippen LogP contribution >= 0.6 is 0 Å². The van der Waals surface area contributed by atoms with E-state index >= 15 is 0 Å². The van der Waals surface area contributed by atoms with Crippen LogP contribution < -0.4 is 0 Å². The monoisotopic (exact) mass is 479 g/mol. The van der Waals surface area contributed by atoms with Crippen LogP contribution in [0.2, 0.25) is 0 Å². The normalized spacial score (nSPS) is 21.7. The summed E-state index contributed by atoms with van der Waals surface area (Å²) in [7, 11) is 0. The number of nitriles is 1. The van der Waals surface area contributed by atoms with E-state index in [0.717, 1.165) is 11.1 Å². The van der Waals surface area contributed by atoms with E-state index in [4.69, 9.17) is 18.9 Å². The second kappa shape index (κ2) is 12.0. The molecule has 1 aliphatic heterocycles. The molecule has 0 aliphatic carbocycles. The number of hydrogen-bond donors (Lipinski definition) is 0. The molecule has 0 unspecified atom stereocenters. The van der Waals surface area contributed by atoms with E-state index < -0.39 is 24.4 Å². The van der Waals surface area contributed by atoms with Gasteiger partial charge in [-0.1, -0.05) is 54.1 Å². The van der Waals surface area contributed by atoms with Crippen LogP contribution in [0, 0.1) is 29.9 Å². The van der Waals surface area contributed by atoms with Gasteiger partial charge in [0.15, 0.2) is 6.10 Å². The van der Waals surface area contributed by atoms with Crippen LogP contribution in [0.4, 0.5) is 8.78 Å². The molecule has 0 radical (unpaired) electrons. The van der Waals surface area contributed by atoms with Crippen LogP contribution in [0.15, 0.2) is 72.8 Å². The van der Waals surface area contributed by atoms with E-state index in [9.17, 15) is 14.0 Å². The van der Waals surface area contributed by atoms with Gasteiger partial charge in [0.1, 0.15) is 29.9 Å². The fraction of sp³-hybridized carbons (Fsp3) is 0.321. The van der Waals surface area contributed by atoms with Crippen LogP contribution in [0.5, 0.6) is 0 Å². The summed E-state index contributed by atoms with van der Waals surface area (Å²) in [4.78, 5) is 0. The van der Waals surface area contributed by atoms with E-state index in [1.54, 1.807) is 24.3 Å². The van der Waals surface area contributed by atoms with Gasteiger partial charge in [0, 0.05) is 0 Å². The van der Waals surface area contributed by atoms with Crippen molar-refractivity contribution < 1.29 is 27.7 Å². The van der Waals surface area contributed by atoms with Crippen molar-refractivity contribution in [2.75, 3.05) is 6.61 Å². The molecule has 4 atom stereocenters. The maximum absolute atomic E-state index is 13.6. The SMILES string of the molecule is Cc1cccc(CO[C@@H]2[C@H](OCc3cccc(F)c3)[C@@H](COCc3cccc(F)c3)O[C@H]2C#N)c1. The lowest BCUT2D eigenvalue weighted by Gasteiger charge is -2.24. The Morgan fingerprint density at radius 2 is 1.37 bits per heavy atom. The minimum Gasteiger partial charge on any atom is -0.374 e. The molecule has 182 valence electrons. The van der Waals surface area contributed by atoms with Gasteiger partial charge in [0.2, 0.25) is 0 Å². The third kappa shape index (κ3) is 6.93. The number of rotatable bonds is 10. The molecule has 1 saturated heterocycles. The molecular weight excluding hydrogens is 452 g/mol. The third-order valence-corrected chi connectivity index (χ3v) is 5.73. The molecular formula is C28H27F2NO4. The van der Waals surface area contributed by atoms with Crippen molar-refractivity contribution in [2.45, 2.75) is 51.2 Å². The number of aryl methyl sites for hydroxylation is 1. The van der Waals surface area contributed by atoms with Crippen LogP contribution in [-0.2, 0) is 38.8 Å². The van der Waals surface area contributed by atoms with Gasteiger partial charge in [-0.2, -0.15) is 5.26 Å². The van der Waals surface area contributed by atoms with Crippen molar-refractivity contribution in [1.82, 2.24) is 0 Å². The molecule has 3 aromatic carbocycles. The fourth-order valence-electron chi connectivity index (χ4n) is 4.08. The summed E-state index contributed by atoms with van der Waals surface area (Å²) in [6.45, 7) is 2.70.